The van der Waals surface area contributed by atoms with Crippen molar-refractivity contribution in [3.8, 4) is 11.4 Å². The van der Waals surface area contributed by atoms with Crippen LogP contribution in [0.5, 0.6) is 0 Å². The number of imidazole rings is 1. The van der Waals surface area contributed by atoms with Crippen LogP contribution in [0, 0.1) is 0 Å². The van der Waals surface area contributed by atoms with E-state index in [0.29, 0.717) is 31.3 Å². The summed E-state index contributed by atoms with van der Waals surface area (Å²) in [5.74, 6) is 2.64. The molecule has 2 aromatic heterocycles. The van der Waals surface area contributed by atoms with Gasteiger partial charge in [-0.2, -0.15) is 0 Å². The maximum absolute atomic E-state index is 11.3. The number of hydrogen-bond acceptors (Lipinski definition) is 7. The van der Waals surface area contributed by atoms with Crippen molar-refractivity contribution in [2.24, 2.45) is 12.8 Å². The average Bonchev–Trinajstić information content (AvgIpc) is 3.28. The van der Waals surface area contributed by atoms with Crippen LogP contribution >= 0.6 is 0 Å². The Labute approximate surface area is 198 Å². The van der Waals surface area contributed by atoms with Crippen molar-refractivity contribution in [1.29, 1.82) is 0 Å². The van der Waals surface area contributed by atoms with Crippen LogP contribution in [0.2, 0.25) is 0 Å². The minimum absolute atomic E-state index is 0.580. The Morgan fingerprint density at radius 2 is 2.00 bits per heavy atom. The van der Waals surface area contributed by atoms with Crippen LogP contribution in [0.25, 0.3) is 11.4 Å². The molecule has 0 saturated carbocycles. The number of primary amides is 1. The topological polar surface area (TPSA) is 114 Å². The molecule has 1 fully saturated rings. The van der Waals surface area contributed by atoms with Crippen LogP contribution in [-0.2, 0) is 31.2 Å². The third-order valence-corrected chi connectivity index (χ3v) is 6.43. The van der Waals surface area contributed by atoms with Gasteiger partial charge in [0.2, 0.25) is 5.95 Å². The molecule has 0 aliphatic carbocycles. The van der Waals surface area contributed by atoms with Gasteiger partial charge >= 0.3 is 6.03 Å². The predicted octanol–water partition coefficient (Wildman–Crippen LogP) is 2.33. The molecule has 0 unspecified atom stereocenters. The quantitative estimate of drug-likeness (QED) is 0.598. The standard InChI is InChI=1S/C24H30N8O2/c1-3-16-14-17(27-23(25)33)4-5-18(16)21-28-20-15-32(24-26-7-9-30(24)2)8-6-19(20)22(29-21)31-10-12-34-13-11-31/h4-5,7,9,14H,3,6,8,10-13,15H2,1-2H3,(H3,25,27,33). The second-order valence-corrected chi connectivity index (χ2v) is 8.62. The average molecular weight is 463 g/mol. The molecule has 3 aromatic rings. The molecule has 2 aliphatic rings. The minimum atomic E-state index is -0.580. The molecule has 0 bridgehead atoms. The summed E-state index contributed by atoms with van der Waals surface area (Å²) in [6.07, 6.45) is 5.42. The zero-order chi connectivity index (χ0) is 23.7. The lowest BCUT2D eigenvalue weighted by atomic mass is 10.0. The number of carbonyl (C=O) groups is 1. The number of fused-ring (bicyclic) bond motifs is 1. The van der Waals surface area contributed by atoms with Crippen LogP contribution in [0.3, 0.4) is 0 Å². The van der Waals surface area contributed by atoms with Crippen molar-refractivity contribution in [2.75, 3.05) is 48.0 Å². The fourth-order valence-electron chi connectivity index (χ4n) is 4.73. The van der Waals surface area contributed by atoms with E-state index in [1.54, 1.807) is 0 Å². The molecule has 1 aromatic carbocycles. The smallest absolute Gasteiger partial charge is 0.316 e. The molecule has 34 heavy (non-hydrogen) atoms. The van der Waals surface area contributed by atoms with Crippen molar-refractivity contribution in [3.63, 3.8) is 0 Å². The highest BCUT2D eigenvalue weighted by atomic mass is 16.5. The molecule has 0 atom stereocenters. The molecule has 3 N–H and O–H groups in total. The number of aromatic nitrogens is 4. The Morgan fingerprint density at radius 1 is 1.18 bits per heavy atom. The number of benzene rings is 1. The number of nitrogens with zero attached hydrogens (tertiary/aromatic N) is 6. The summed E-state index contributed by atoms with van der Waals surface area (Å²) in [7, 11) is 2.01. The number of amides is 2. The first kappa shape index (κ1) is 22.1. The van der Waals surface area contributed by atoms with Gasteiger partial charge in [0.15, 0.2) is 5.82 Å². The van der Waals surface area contributed by atoms with E-state index < -0.39 is 6.03 Å². The number of carbonyl (C=O) groups excluding carboxylic acids is 1. The van der Waals surface area contributed by atoms with E-state index in [2.05, 4.69) is 27.0 Å². The van der Waals surface area contributed by atoms with Gasteiger partial charge in [0.25, 0.3) is 0 Å². The summed E-state index contributed by atoms with van der Waals surface area (Å²) in [6, 6.07) is 5.17. The summed E-state index contributed by atoms with van der Waals surface area (Å²) in [4.78, 5) is 30.6. The fraction of sp³-hybridized carbons (Fsp3) is 0.417. The maximum Gasteiger partial charge on any atom is 0.316 e. The number of nitrogens with two attached hydrogens (primary N) is 1. The molecular weight excluding hydrogens is 432 g/mol. The van der Waals surface area contributed by atoms with Gasteiger partial charge in [-0.15, -0.1) is 0 Å². The molecule has 4 heterocycles. The lowest BCUT2D eigenvalue weighted by Gasteiger charge is -2.34. The number of rotatable bonds is 5. The zero-order valence-electron chi connectivity index (χ0n) is 19.6. The molecule has 0 spiro atoms. The van der Waals surface area contributed by atoms with Crippen LogP contribution in [0.1, 0.15) is 23.7 Å². The predicted molar refractivity (Wildman–Crippen MR) is 131 cm³/mol. The van der Waals surface area contributed by atoms with Gasteiger partial charge in [-0.05, 0) is 36.6 Å². The Hall–Kier alpha value is -3.66. The van der Waals surface area contributed by atoms with Crippen LogP contribution in [-0.4, -0.2) is 58.4 Å². The second kappa shape index (κ2) is 9.30. The van der Waals surface area contributed by atoms with Crippen molar-refractivity contribution < 1.29 is 9.53 Å². The number of ether oxygens (including phenoxy) is 1. The number of nitrogens with one attached hydrogen (secondary N) is 1. The van der Waals surface area contributed by atoms with E-state index in [1.165, 1.54) is 5.56 Å². The van der Waals surface area contributed by atoms with Gasteiger partial charge in [-0.25, -0.2) is 19.7 Å². The third kappa shape index (κ3) is 4.28. The first-order chi connectivity index (χ1) is 16.5. The lowest BCUT2D eigenvalue weighted by Crippen LogP contribution is -2.40. The maximum atomic E-state index is 11.3. The summed E-state index contributed by atoms with van der Waals surface area (Å²) in [5.41, 5.74) is 10.2. The molecule has 10 heteroatoms. The Bertz CT molecular complexity index is 1200. The number of anilines is 3. The van der Waals surface area contributed by atoms with E-state index in [9.17, 15) is 4.79 Å². The zero-order valence-corrected chi connectivity index (χ0v) is 19.6. The SMILES string of the molecule is CCc1cc(NC(N)=O)ccc1-c1nc2c(c(N3CCOCC3)n1)CCN(c1nccn1C)C2. The lowest BCUT2D eigenvalue weighted by molar-refractivity contribution is 0.122. The van der Waals surface area contributed by atoms with Gasteiger partial charge in [-0.3, -0.25) is 0 Å². The van der Waals surface area contributed by atoms with Crippen molar-refractivity contribution in [2.45, 2.75) is 26.3 Å². The van der Waals surface area contributed by atoms with Gasteiger partial charge in [0.05, 0.1) is 25.5 Å². The molecule has 2 amide bonds. The minimum Gasteiger partial charge on any atom is -0.378 e. The number of aryl methyl sites for hydroxylation is 2. The van der Waals surface area contributed by atoms with Gasteiger partial charge in [0.1, 0.15) is 5.82 Å². The van der Waals surface area contributed by atoms with E-state index >= 15 is 0 Å². The molecule has 1 saturated heterocycles. The summed E-state index contributed by atoms with van der Waals surface area (Å²) < 4.78 is 7.63. The highest BCUT2D eigenvalue weighted by Gasteiger charge is 2.28. The summed E-state index contributed by atoms with van der Waals surface area (Å²) >= 11 is 0. The Balaban J connectivity index is 1.58. The number of hydrogen-bond donors (Lipinski definition) is 2. The molecule has 0 radical (unpaired) electrons. The monoisotopic (exact) mass is 462 g/mol. The molecule has 10 nitrogen and oxygen atoms in total. The van der Waals surface area contributed by atoms with Crippen molar-refractivity contribution in [1.82, 2.24) is 19.5 Å². The first-order valence-electron chi connectivity index (χ1n) is 11.7. The first-order valence-corrected chi connectivity index (χ1v) is 11.7. The van der Waals surface area contributed by atoms with Crippen LogP contribution < -0.4 is 20.9 Å². The highest BCUT2D eigenvalue weighted by Crippen LogP contribution is 2.33. The highest BCUT2D eigenvalue weighted by molar-refractivity contribution is 5.88. The number of urea groups is 1. The fourth-order valence-corrected chi connectivity index (χ4v) is 4.73. The van der Waals surface area contributed by atoms with E-state index in [-0.39, 0.29) is 0 Å². The van der Waals surface area contributed by atoms with E-state index in [0.717, 1.165) is 61.1 Å². The molecular formula is C24H30N8O2. The molecule has 2 aliphatic heterocycles. The van der Waals surface area contributed by atoms with E-state index in [4.69, 9.17) is 20.4 Å². The largest absolute Gasteiger partial charge is 0.378 e. The van der Waals surface area contributed by atoms with Gasteiger partial charge in [-0.1, -0.05) is 6.92 Å². The summed E-state index contributed by atoms with van der Waals surface area (Å²) in [6.45, 7) is 6.64. The van der Waals surface area contributed by atoms with Gasteiger partial charge in [0, 0.05) is 55.9 Å². The molecule has 5 rings (SSSR count). The summed E-state index contributed by atoms with van der Waals surface area (Å²) in [5, 5.41) is 2.66. The molecule has 178 valence electrons. The third-order valence-electron chi connectivity index (χ3n) is 6.43. The van der Waals surface area contributed by atoms with Gasteiger partial charge < -0.3 is 30.2 Å². The normalized spacial score (nSPS) is 15.8. The Kier molecular flexibility index (Phi) is 6.06. The van der Waals surface area contributed by atoms with Crippen LogP contribution in [0.4, 0.5) is 22.2 Å². The van der Waals surface area contributed by atoms with Crippen molar-refractivity contribution in [3.05, 3.63) is 47.4 Å². The Morgan fingerprint density at radius 3 is 2.71 bits per heavy atom. The van der Waals surface area contributed by atoms with Crippen molar-refractivity contribution >= 4 is 23.5 Å². The second-order valence-electron chi connectivity index (χ2n) is 8.62. The number of morpholine rings is 1. The van der Waals surface area contributed by atoms with E-state index in [1.807, 2.05) is 42.2 Å². The van der Waals surface area contributed by atoms with Crippen LogP contribution in [0.15, 0.2) is 30.6 Å².